The van der Waals surface area contributed by atoms with Gasteiger partial charge in [0.15, 0.2) is 0 Å². The van der Waals surface area contributed by atoms with Gasteiger partial charge >= 0.3 is 5.97 Å². The van der Waals surface area contributed by atoms with E-state index in [2.05, 4.69) is 12.2 Å². The lowest BCUT2D eigenvalue weighted by Gasteiger charge is -2.27. The first kappa shape index (κ1) is 17.9. The van der Waals surface area contributed by atoms with Crippen LogP contribution in [0.1, 0.15) is 47.4 Å². The fourth-order valence-corrected chi connectivity index (χ4v) is 3.18. The molecule has 0 saturated heterocycles. The minimum Gasteiger partial charge on any atom is -0.465 e. The SMILES string of the molecule is CCCCNc1ccc2c3c(cccc13)C(=O)N(CC(=O)OCC)C2=O. The predicted octanol–water partition coefficient (Wildman–Crippen LogP) is 3.21. The Morgan fingerprint density at radius 1 is 1.08 bits per heavy atom. The van der Waals surface area contributed by atoms with Crippen LogP contribution in [-0.4, -0.2) is 42.4 Å². The van der Waals surface area contributed by atoms with Crippen LogP contribution in [0.15, 0.2) is 30.3 Å². The van der Waals surface area contributed by atoms with Crippen LogP contribution in [0.5, 0.6) is 0 Å². The van der Waals surface area contributed by atoms with E-state index in [1.54, 1.807) is 25.1 Å². The number of rotatable bonds is 7. The van der Waals surface area contributed by atoms with Gasteiger partial charge in [0.1, 0.15) is 6.54 Å². The number of carbonyl (C=O) groups excluding carboxylic acids is 3. The Balaban J connectivity index is 2.02. The van der Waals surface area contributed by atoms with Gasteiger partial charge in [-0.15, -0.1) is 0 Å². The van der Waals surface area contributed by atoms with Gasteiger partial charge in [-0.05, 0) is 31.5 Å². The largest absolute Gasteiger partial charge is 0.465 e. The summed E-state index contributed by atoms with van der Waals surface area (Å²) in [6.07, 6.45) is 2.11. The highest BCUT2D eigenvalue weighted by atomic mass is 16.5. The monoisotopic (exact) mass is 354 g/mol. The highest BCUT2D eigenvalue weighted by molar-refractivity contribution is 6.27. The third-order valence-electron chi connectivity index (χ3n) is 4.43. The second kappa shape index (κ2) is 7.56. The molecule has 1 aliphatic rings. The van der Waals surface area contributed by atoms with Crippen LogP contribution in [0.3, 0.4) is 0 Å². The molecule has 26 heavy (non-hydrogen) atoms. The smallest absolute Gasteiger partial charge is 0.326 e. The van der Waals surface area contributed by atoms with E-state index in [9.17, 15) is 14.4 Å². The summed E-state index contributed by atoms with van der Waals surface area (Å²) in [7, 11) is 0. The van der Waals surface area contributed by atoms with Crippen LogP contribution in [0.4, 0.5) is 5.69 Å². The summed E-state index contributed by atoms with van der Waals surface area (Å²) in [5.74, 6) is -1.53. The number of amides is 2. The van der Waals surface area contributed by atoms with Crippen molar-refractivity contribution >= 4 is 34.2 Å². The number of hydrogen-bond acceptors (Lipinski definition) is 5. The second-order valence-corrected chi connectivity index (χ2v) is 6.17. The number of hydrogen-bond donors (Lipinski definition) is 1. The quantitative estimate of drug-likeness (QED) is 0.469. The molecule has 0 aromatic heterocycles. The molecule has 1 N–H and O–H groups in total. The van der Waals surface area contributed by atoms with Crippen molar-refractivity contribution in [3.05, 3.63) is 41.5 Å². The molecule has 0 spiro atoms. The van der Waals surface area contributed by atoms with Gasteiger partial charge in [-0.25, -0.2) is 0 Å². The van der Waals surface area contributed by atoms with Gasteiger partial charge in [0.25, 0.3) is 11.8 Å². The lowest BCUT2D eigenvalue weighted by molar-refractivity contribution is -0.143. The highest BCUT2D eigenvalue weighted by Gasteiger charge is 2.34. The highest BCUT2D eigenvalue weighted by Crippen LogP contribution is 2.34. The molecule has 136 valence electrons. The Kier molecular flexibility index (Phi) is 5.21. The Hall–Kier alpha value is -2.89. The fraction of sp³-hybridized carbons (Fsp3) is 0.350. The summed E-state index contributed by atoms with van der Waals surface area (Å²) in [6, 6.07) is 8.95. The Morgan fingerprint density at radius 2 is 1.81 bits per heavy atom. The summed E-state index contributed by atoms with van der Waals surface area (Å²) in [4.78, 5) is 38.3. The molecule has 0 radical (unpaired) electrons. The maximum absolute atomic E-state index is 12.8. The van der Waals surface area contributed by atoms with Crippen LogP contribution >= 0.6 is 0 Å². The van der Waals surface area contributed by atoms with E-state index in [1.807, 2.05) is 12.1 Å². The minimum absolute atomic E-state index is 0.202. The first-order valence-corrected chi connectivity index (χ1v) is 8.89. The van der Waals surface area contributed by atoms with E-state index < -0.39 is 17.8 Å². The van der Waals surface area contributed by atoms with Gasteiger partial charge in [-0.2, -0.15) is 0 Å². The van der Waals surface area contributed by atoms with Crippen molar-refractivity contribution in [3.63, 3.8) is 0 Å². The molecule has 0 saturated carbocycles. The van der Waals surface area contributed by atoms with Crippen molar-refractivity contribution in [1.29, 1.82) is 0 Å². The minimum atomic E-state index is -0.595. The van der Waals surface area contributed by atoms with Gasteiger partial charge in [0.05, 0.1) is 6.61 Å². The number of anilines is 1. The van der Waals surface area contributed by atoms with Crippen LogP contribution in [0, 0.1) is 0 Å². The number of nitrogens with one attached hydrogen (secondary N) is 1. The van der Waals surface area contributed by atoms with E-state index in [1.165, 1.54) is 0 Å². The third-order valence-corrected chi connectivity index (χ3v) is 4.43. The van der Waals surface area contributed by atoms with Crippen LogP contribution in [0.2, 0.25) is 0 Å². The van der Waals surface area contributed by atoms with Crippen molar-refractivity contribution in [2.75, 3.05) is 25.0 Å². The third kappa shape index (κ3) is 3.14. The summed E-state index contributed by atoms with van der Waals surface area (Å²) in [5, 5.41) is 4.85. The molecule has 0 aliphatic carbocycles. The van der Waals surface area contributed by atoms with Gasteiger partial charge in [0.2, 0.25) is 0 Å². The van der Waals surface area contributed by atoms with Gasteiger partial charge in [-0.1, -0.05) is 25.5 Å². The lowest BCUT2D eigenvalue weighted by Crippen LogP contribution is -2.43. The zero-order valence-corrected chi connectivity index (χ0v) is 15.0. The molecule has 2 aromatic carbocycles. The summed E-state index contributed by atoms with van der Waals surface area (Å²) >= 11 is 0. The molecule has 6 nitrogen and oxygen atoms in total. The molecular formula is C20H22N2O4. The molecule has 1 heterocycles. The average Bonchev–Trinajstić information content (AvgIpc) is 2.64. The zero-order valence-electron chi connectivity index (χ0n) is 15.0. The summed E-state index contributed by atoms with van der Waals surface area (Å²) in [5.41, 5.74) is 1.76. The molecule has 2 amide bonds. The number of unbranched alkanes of at least 4 members (excludes halogenated alkanes) is 1. The standard InChI is InChI=1S/C20H22N2O4/c1-3-5-11-21-16-10-9-15-18-13(16)7-6-8-14(18)19(24)22(20(15)25)12-17(23)26-4-2/h6-10,21H,3-5,11-12H2,1-2H3. The molecule has 0 fully saturated rings. The Labute approximate surface area is 152 Å². The molecule has 3 rings (SSSR count). The maximum atomic E-state index is 12.8. The van der Waals surface area contributed by atoms with E-state index in [0.717, 1.165) is 35.4 Å². The van der Waals surface area contributed by atoms with Crippen molar-refractivity contribution in [1.82, 2.24) is 4.90 Å². The van der Waals surface area contributed by atoms with E-state index in [-0.39, 0.29) is 13.2 Å². The molecule has 6 heteroatoms. The van der Waals surface area contributed by atoms with Crippen molar-refractivity contribution < 1.29 is 19.1 Å². The fourth-order valence-electron chi connectivity index (χ4n) is 3.18. The molecule has 0 bridgehead atoms. The first-order chi connectivity index (χ1) is 12.6. The van der Waals surface area contributed by atoms with E-state index in [4.69, 9.17) is 4.74 Å². The van der Waals surface area contributed by atoms with Crippen LogP contribution in [0.25, 0.3) is 10.8 Å². The summed E-state index contributed by atoms with van der Waals surface area (Å²) < 4.78 is 4.88. The number of benzene rings is 2. The zero-order chi connectivity index (χ0) is 18.7. The molecule has 0 atom stereocenters. The first-order valence-electron chi connectivity index (χ1n) is 8.89. The van der Waals surface area contributed by atoms with Gasteiger partial charge in [0, 0.05) is 34.1 Å². The van der Waals surface area contributed by atoms with Crippen LogP contribution < -0.4 is 5.32 Å². The van der Waals surface area contributed by atoms with Crippen molar-refractivity contribution in [2.45, 2.75) is 26.7 Å². The molecule has 2 aromatic rings. The predicted molar refractivity (Wildman–Crippen MR) is 99.3 cm³/mol. The number of esters is 1. The molecular weight excluding hydrogens is 332 g/mol. The number of nitrogens with zero attached hydrogens (tertiary/aromatic N) is 1. The summed E-state index contributed by atoms with van der Waals surface area (Å²) in [6.45, 7) is 4.45. The van der Waals surface area contributed by atoms with Crippen LogP contribution in [-0.2, 0) is 9.53 Å². The molecule has 0 unspecified atom stereocenters. The van der Waals surface area contributed by atoms with Gasteiger partial charge < -0.3 is 10.1 Å². The Morgan fingerprint density at radius 3 is 2.50 bits per heavy atom. The number of carbonyl (C=O) groups is 3. The average molecular weight is 354 g/mol. The molecule has 1 aliphatic heterocycles. The number of imide groups is 1. The topological polar surface area (TPSA) is 75.7 Å². The second-order valence-electron chi connectivity index (χ2n) is 6.17. The van der Waals surface area contributed by atoms with Gasteiger partial charge in [-0.3, -0.25) is 19.3 Å². The van der Waals surface area contributed by atoms with E-state index in [0.29, 0.717) is 16.5 Å². The number of ether oxygens (including phenoxy) is 1. The maximum Gasteiger partial charge on any atom is 0.326 e. The van der Waals surface area contributed by atoms with Crippen molar-refractivity contribution in [2.24, 2.45) is 0 Å². The van der Waals surface area contributed by atoms with E-state index >= 15 is 0 Å². The normalized spacial score (nSPS) is 13.2. The van der Waals surface area contributed by atoms with Crippen molar-refractivity contribution in [3.8, 4) is 0 Å². The Bertz CT molecular complexity index is 853. The lowest BCUT2D eigenvalue weighted by atomic mass is 9.93.